The van der Waals surface area contributed by atoms with Crippen LogP contribution in [0.1, 0.15) is 69.9 Å². The molecule has 0 fully saturated rings. The molecule has 2 aromatic rings. The second-order valence-electron chi connectivity index (χ2n) is 7.05. The summed E-state index contributed by atoms with van der Waals surface area (Å²) in [6.45, 7) is 10.2. The Morgan fingerprint density at radius 3 is 2.60 bits per heavy atom. The molecule has 0 N–H and O–H groups in total. The Balaban J connectivity index is 2.00. The summed E-state index contributed by atoms with van der Waals surface area (Å²) in [5.74, 6) is 7.34. The van der Waals surface area contributed by atoms with E-state index in [1.54, 1.807) is 6.92 Å². The van der Waals surface area contributed by atoms with Crippen LogP contribution in [0.15, 0.2) is 48.6 Å². The van der Waals surface area contributed by atoms with Crippen LogP contribution in [0.25, 0.3) is 10.8 Å². The number of Topliss-reactive ketones (excluding diaryl/α,β-unsaturated/α-hetero) is 1. The van der Waals surface area contributed by atoms with Crippen LogP contribution in [0.2, 0.25) is 0 Å². The van der Waals surface area contributed by atoms with Crippen molar-refractivity contribution < 1.29 is 4.79 Å². The summed E-state index contributed by atoms with van der Waals surface area (Å²) in [7, 11) is 0. The minimum Gasteiger partial charge on any atom is -0.300 e. The Morgan fingerprint density at radius 2 is 1.88 bits per heavy atom. The average Bonchev–Trinajstić information content (AvgIpc) is 2.57. The predicted molar refractivity (Wildman–Crippen MR) is 108 cm³/mol. The third kappa shape index (κ3) is 5.91. The summed E-state index contributed by atoms with van der Waals surface area (Å²) < 4.78 is 0. The zero-order chi connectivity index (χ0) is 18.2. The Morgan fingerprint density at radius 1 is 1.12 bits per heavy atom. The highest BCUT2D eigenvalue weighted by Crippen LogP contribution is 2.26. The summed E-state index contributed by atoms with van der Waals surface area (Å²) in [6.07, 6.45) is 4.22. The van der Waals surface area contributed by atoms with Gasteiger partial charge in [-0.15, -0.1) is 0 Å². The number of hydrogen-bond donors (Lipinski definition) is 0. The van der Waals surface area contributed by atoms with Crippen LogP contribution in [0, 0.1) is 11.8 Å². The lowest BCUT2D eigenvalue weighted by Crippen LogP contribution is -1.91. The van der Waals surface area contributed by atoms with Crippen molar-refractivity contribution in [2.24, 2.45) is 0 Å². The molecule has 1 heteroatoms. The molecule has 2 rings (SSSR count). The Hall–Kier alpha value is -2.33. The highest BCUT2D eigenvalue weighted by Gasteiger charge is 2.06. The van der Waals surface area contributed by atoms with E-state index in [9.17, 15) is 4.79 Å². The van der Waals surface area contributed by atoms with Gasteiger partial charge in [0, 0.05) is 18.4 Å². The van der Waals surface area contributed by atoms with Gasteiger partial charge in [0.2, 0.25) is 0 Å². The van der Waals surface area contributed by atoms with Crippen molar-refractivity contribution in [1.82, 2.24) is 0 Å². The number of fused-ring (bicyclic) bond motifs is 1. The molecule has 0 radical (unpaired) electrons. The van der Waals surface area contributed by atoms with Gasteiger partial charge in [-0.05, 0) is 60.6 Å². The van der Waals surface area contributed by atoms with Crippen molar-refractivity contribution in [2.75, 3.05) is 0 Å². The molecular weight excluding hydrogens is 304 g/mol. The second kappa shape index (κ2) is 9.23. The highest BCUT2D eigenvalue weighted by molar-refractivity contribution is 5.87. The molecule has 25 heavy (non-hydrogen) atoms. The smallest absolute Gasteiger partial charge is 0.129 e. The molecule has 0 aliphatic heterocycles. The first-order valence-electron chi connectivity index (χ1n) is 9.15. The largest absolute Gasteiger partial charge is 0.300 e. The molecule has 0 atom stereocenters. The lowest BCUT2D eigenvalue weighted by atomic mass is 9.94. The van der Waals surface area contributed by atoms with E-state index in [2.05, 4.69) is 68.7 Å². The fourth-order valence-electron chi connectivity index (χ4n) is 3.01. The van der Waals surface area contributed by atoms with Crippen LogP contribution in [0.5, 0.6) is 0 Å². The van der Waals surface area contributed by atoms with E-state index in [0.717, 1.165) is 31.2 Å². The van der Waals surface area contributed by atoms with Crippen LogP contribution in [0.4, 0.5) is 0 Å². The van der Waals surface area contributed by atoms with Crippen molar-refractivity contribution in [3.8, 4) is 11.8 Å². The Bertz CT molecular complexity index is 815. The van der Waals surface area contributed by atoms with E-state index >= 15 is 0 Å². The zero-order valence-electron chi connectivity index (χ0n) is 15.7. The highest BCUT2D eigenvalue weighted by atomic mass is 16.1. The Labute approximate surface area is 152 Å². The average molecular weight is 332 g/mol. The number of carbonyl (C=O) groups is 1. The first-order chi connectivity index (χ1) is 12.0. The lowest BCUT2D eigenvalue weighted by Gasteiger charge is -2.11. The molecule has 0 heterocycles. The van der Waals surface area contributed by atoms with Crippen LogP contribution in [-0.2, 0) is 4.79 Å². The number of hydrogen-bond acceptors (Lipinski definition) is 1. The van der Waals surface area contributed by atoms with E-state index < -0.39 is 0 Å². The van der Waals surface area contributed by atoms with Gasteiger partial charge in [-0.2, -0.15) is 0 Å². The van der Waals surface area contributed by atoms with Gasteiger partial charge in [0.05, 0.1) is 0 Å². The number of benzene rings is 2. The molecular formula is C24H28O. The maximum atomic E-state index is 11.0. The third-order valence-corrected chi connectivity index (χ3v) is 4.41. The molecule has 130 valence electrons. The molecule has 0 saturated carbocycles. The van der Waals surface area contributed by atoms with Gasteiger partial charge in [0.15, 0.2) is 0 Å². The maximum Gasteiger partial charge on any atom is 0.129 e. The summed E-state index contributed by atoms with van der Waals surface area (Å²) in [5.41, 5.74) is 3.64. The summed E-state index contributed by atoms with van der Waals surface area (Å²) in [5, 5.41) is 2.58. The molecule has 0 spiro atoms. The fourth-order valence-corrected chi connectivity index (χ4v) is 3.01. The number of carbonyl (C=O) groups excluding carboxylic acids is 1. The maximum absolute atomic E-state index is 11.0. The summed E-state index contributed by atoms with van der Waals surface area (Å²) in [6, 6.07) is 12.9. The van der Waals surface area contributed by atoms with Crippen molar-refractivity contribution in [1.29, 1.82) is 0 Å². The van der Waals surface area contributed by atoms with Gasteiger partial charge in [0.25, 0.3) is 0 Å². The quantitative estimate of drug-likeness (QED) is 0.423. The molecule has 1 nitrogen and oxygen atoms in total. The molecule has 0 aliphatic carbocycles. The molecule has 0 aromatic heterocycles. The molecule has 0 amide bonds. The lowest BCUT2D eigenvalue weighted by molar-refractivity contribution is -0.117. The minimum atomic E-state index is 0.254. The predicted octanol–water partition coefficient (Wildman–Crippen LogP) is 6.41. The normalized spacial score (nSPS) is 10.6. The van der Waals surface area contributed by atoms with E-state index in [-0.39, 0.29) is 5.78 Å². The molecule has 0 aliphatic rings. The monoisotopic (exact) mass is 332 g/mol. The molecule has 0 bridgehead atoms. The van der Waals surface area contributed by atoms with Crippen molar-refractivity contribution >= 4 is 16.6 Å². The van der Waals surface area contributed by atoms with Gasteiger partial charge in [-0.3, -0.25) is 0 Å². The van der Waals surface area contributed by atoms with Crippen LogP contribution in [-0.4, -0.2) is 5.78 Å². The van der Waals surface area contributed by atoms with Crippen LogP contribution in [0.3, 0.4) is 0 Å². The number of rotatable bonds is 7. The first kappa shape index (κ1) is 19.0. The van der Waals surface area contributed by atoms with E-state index in [0.29, 0.717) is 12.3 Å². The van der Waals surface area contributed by atoms with E-state index in [4.69, 9.17) is 0 Å². The first-order valence-corrected chi connectivity index (χ1v) is 9.15. The van der Waals surface area contributed by atoms with Gasteiger partial charge >= 0.3 is 0 Å². The Kier molecular flexibility index (Phi) is 7.02. The summed E-state index contributed by atoms with van der Waals surface area (Å²) in [4.78, 5) is 11.0. The van der Waals surface area contributed by atoms with Crippen molar-refractivity contribution in [3.63, 3.8) is 0 Å². The SMILES string of the molecule is C=C(CCC#Cc1cc(C(C)C)c2ccccc2c1)CCCC(C)=O. The van der Waals surface area contributed by atoms with E-state index in [1.807, 2.05) is 0 Å². The van der Waals surface area contributed by atoms with Gasteiger partial charge in [0.1, 0.15) is 5.78 Å². The minimum absolute atomic E-state index is 0.254. The molecule has 0 saturated heterocycles. The fraction of sp³-hybridized carbons (Fsp3) is 0.375. The standard InChI is InChI=1S/C24H28O/c1-18(2)24-17-21(16-22-14-7-8-15-23(22)24)13-6-5-10-19(3)11-9-12-20(4)25/h7-8,14-18H,3,5,9-12H2,1-2,4H3. The van der Waals surface area contributed by atoms with Gasteiger partial charge < -0.3 is 4.79 Å². The van der Waals surface area contributed by atoms with Crippen LogP contribution < -0.4 is 0 Å². The number of ketones is 1. The zero-order valence-corrected chi connectivity index (χ0v) is 15.7. The molecule has 2 aromatic carbocycles. The van der Waals surface area contributed by atoms with Crippen LogP contribution >= 0.6 is 0 Å². The van der Waals surface area contributed by atoms with Crippen molar-refractivity contribution in [3.05, 3.63) is 59.7 Å². The van der Waals surface area contributed by atoms with E-state index in [1.165, 1.54) is 21.9 Å². The van der Waals surface area contributed by atoms with Gasteiger partial charge in [-0.1, -0.05) is 62.1 Å². The molecule has 0 unspecified atom stereocenters. The summed E-state index contributed by atoms with van der Waals surface area (Å²) >= 11 is 0. The van der Waals surface area contributed by atoms with Crippen molar-refractivity contribution in [2.45, 2.75) is 58.8 Å². The second-order valence-corrected chi connectivity index (χ2v) is 7.05. The number of allylic oxidation sites excluding steroid dienone is 1. The van der Waals surface area contributed by atoms with Gasteiger partial charge in [-0.25, -0.2) is 0 Å². The topological polar surface area (TPSA) is 17.1 Å². The third-order valence-electron chi connectivity index (χ3n) is 4.41.